The number of cyclic esters (lactones) is 1. The van der Waals surface area contributed by atoms with Gasteiger partial charge in [0.15, 0.2) is 6.29 Å². The Morgan fingerprint density at radius 1 is 0.969 bits per heavy atom. The van der Waals surface area contributed by atoms with Gasteiger partial charge in [-0.1, -0.05) is 39.8 Å². The standard InChI is InChI=1S/C48H70F3N3O11/c1-14-37-47(9,59)42(57)28(4)39(53-52-31(7)33-17-21-35(60-12)22-18-33)26(2)25-46(8,61-13)43(65-45-40(56)36(54(10)11)23-27(3)62-45)29(5)41(30(6)44(58)63-37)64-38(55)24-32-15-19-34(20-16-32)48(49,50)51/h15-22,26-30,36-37,40-43,45,56-57,59H,14,23-25H2,1-13H3/b52-31+,53-39+/t26-,27?,28+,29+,30-,36?,37-,40?,41+,42-,43-,45?,46-,47-/m1/s1. The number of benzene rings is 2. The molecule has 14 nitrogen and oxygen atoms in total. The fraction of sp³-hybridized carbons (Fsp3) is 0.667. The van der Waals surface area contributed by atoms with Crippen molar-refractivity contribution in [1.29, 1.82) is 0 Å². The average molecular weight is 922 g/mol. The number of aliphatic hydroxyl groups is 3. The van der Waals surface area contributed by atoms with Gasteiger partial charge < -0.3 is 48.6 Å². The summed E-state index contributed by atoms with van der Waals surface area (Å²) in [5.74, 6) is -4.70. The van der Waals surface area contributed by atoms with Crippen LogP contribution in [-0.2, 0) is 45.9 Å². The maximum absolute atomic E-state index is 14.4. The van der Waals surface area contributed by atoms with E-state index in [4.69, 9.17) is 33.5 Å². The van der Waals surface area contributed by atoms with E-state index in [9.17, 15) is 38.1 Å². The number of esters is 2. The third-order valence-corrected chi connectivity index (χ3v) is 13.2. The van der Waals surface area contributed by atoms with Gasteiger partial charge in [0.1, 0.15) is 29.7 Å². The minimum atomic E-state index is -4.58. The fourth-order valence-electron chi connectivity index (χ4n) is 9.18. The molecule has 65 heavy (non-hydrogen) atoms. The third kappa shape index (κ3) is 12.9. The Balaban J connectivity index is 1.91. The summed E-state index contributed by atoms with van der Waals surface area (Å²) in [6, 6.07) is 11.0. The number of hydrogen-bond acceptors (Lipinski definition) is 14. The highest BCUT2D eigenvalue weighted by molar-refractivity contribution is 5.99. The number of carbonyl (C=O) groups excluding carboxylic acids is 2. The zero-order chi connectivity index (χ0) is 48.8. The molecule has 17 heteroatoms. The summed E-state index contributed by atoms with van der Waals surface area (Å²) in [6.45, 7) is 15.3. The molecule has 14 atom stereocenters. The topological polar surface area (TPSA) is 178 Å². The van der Waals surface area contributed by atoms with E-state index in [1.165, 1.54) is 33.1 Å². The number of aliphatic hydroxyl groups excluding tert-OH is 2. The molecular formula is C48H70F3N3O11. The van der Waals surface area contributed by atoms with Crippen LogP contribution in [-0.4, -0.2) is 132 Å². The number of ether oxygens (including phenoxy) is 6. The first-order valence-corrected chi connectivity index (χ1v) is 22.2. The van der Waals surface area contributed by atoms with Crippen molar-refractivity contribution in [1.82, 2.24) is 4.90 Å². The molecule has 0 radical (unpaired) electrons. The lowest BCUT2D eigenvalue weighted by atomic mass is 9.73. The Bertz CT molecular complexity index is 1940. The number of alkyl halides is 3. The van der Waals surface area contributed by atoms with E-state index >= 15 is 0 Å². The summed E-state index contributed by atoms with van der Waals surface area (Å²) in [5.41, 5.74) is -2.36. The van der Waals surface area contributed by atoms with Crippen LogP contribution >= 0.6 is 0 Å². The second-order valence-corrected chi connectivity index (χ2v) is 18.5. The van der Waals surface area contributed by atoms with Crippen LogP contribution in [0.2, 0.25) is 0 Å². The summed E-state index contributed by atoms with van der Waals surface area (Å²) in [4.78, 5) is 30.1. The van der Waals surface area contributed by atoms with E-state index in [0.717, 1.165) is 17.7 Å². The van der Waals surface area contributed by atoms with Gasteiger partial charge in [-0.15, -0.1) is 0 Å². The van der Waals surface area contributed by atoms with Crippen molar-refractivity contribution >= 4 is 23.4 Å². The van der Waals surface area contributed by atoms with E-state index in [1.54, 1.807) is 53.9 Å². The van der Waals surface area contributed by atoms with Crippen LogP contribution in [0.3, 0.4) is 0 Å². The molecule has 2 aromatic rings. The molecule has 2 aliphatic heterocycles. The molecule has 2 aliphatic rings. The molecule has 0 saturated carbocycles. The van der Waals surface area contributed by atoms with Crippen molar-refractivity contribution < 1.29 is 66.5 Å². The molecule has 2 heterocycles. The second kappa shape index (κ2) is 22.2. The summed E-state index contributed by atoms with van der Waals surface area (Å²) in [5, 5.41) is 45.3. The number of hydrogen-bond donors (Lipinski definition) is 3. The van der Waals surface area contributed by atoms with Crippen molar-refractivity contribution in [3.8, 4) is 5.75 Å². The summed E-state index contributed by atoms with van der Waals surface area (Å²) in [6.07, 6.45) is -12.3. The summed E-state index contributed by atoms with van der Waals surface area (Å²) < 4.78 is 77.1. The maximum atomic E-state index is 14.4. The van der Waals surface area contributed by atoms with Gasteiger partial charge in [0, 0.05) is 30.7 Å². The Labute approximate surface area is 381 Å². The highest BCUT2D eigenvalue weighted by Gasteiger charge is 2.52. The Kier molecular flexibility index (Phi) is 18.3. The van der Waals surface area contributed by atoms with Crippen molar-refractivity contribution in [2.45, 2.75) is 154 Å². The van der Waals surface area contributed by atoms with E-state index in [0.29, 0.717) is 23.6 Å². The zero-order valence-electron chi connectivity index (χ0n) is 40.0. The minimum Gasteiger partial charge on any atom is -0.497 e. The van der Waals surface area contributed by atoms with E-state index in [-0.39, 0.29) is 30.6 Å². The Morgan fingerprint density at radius 2 is 1.58 bits per heavy atom. The molecule has 0 aromatic heterocycles. The van der Waals surface area contributed by atoms with E-state index in [1.807, 2.05) is 45.0 Å². The molecule has 364 valence electrons. The average Bonchev–Trinajstić information content (AvgIpc) is 3.25. The van der Waals surface area contributed by atoms with Gasteiger partial charge in [-0.25, -0.2) is 0 Å². The van der Waals surface area contributed by atoms with Crippen LogP contribution < -0.4 is 4.74 Å². The van der Waals surface area contributed by atoms with Gasteiger partial charge in [-0.3, -0.25) is 9.59 Å². The number of likely N-dealkylation sites (N-methyl/N-ethyl adjacent to an activating group) is 1. The van der Waals surface area contributed by atoms with Crippen LogP contribution in [0.1, 0.15) is 98.3 Å². The second-order valence-electron chi connectivity index (χ2n) is 18.5. The minimum absolute atomic E-state index is 0.0789. The largest absolute Gasteiger partial charge is 0.497 e. The van der Waals surface area contributed by atoms with Crippen LogP contribution in [0.15, 0.2) is 58.7 Å². The van der Waals surface area contributed by atoms with Gasteiger partial charge in [-0.05, 0) is 121 Å². The van der Waals surface area contributed by atoms with Gasteiger partial charge in [0.25, 0.3) is 0 Å². The van der Waals surface area contributed by atoms with Crippen LogP contribution in [0.5, 0.6) is 5.75 Å². The molecular weight excluding hydrogens is 852 g/mol. The zero-order valence-corrected chi connectivity index (χ0v) is 40.0. The molecule has 0 aliphatic carbocycles. The molecule has 0 amide bonds. The van der Waals surface area contributed by atoms with Gasteiger partial charge in [0.05, 0.1) is 54.6 Å². The SMILES string of the molecule is CC[C@H]1OC(=O)[C@H](C)[C@@H](OC(=O)Cc2ccc(C(F)(F)F)cc2)[C@H](C)[C@@H](OC2OC(C)CC(N(C)C)C2O)[C@](C)(OC)C[C@@H](C)/C(=N\N=C(/C)c2ccc(OC)cc2)[C@H](C)[C@@H](O)[C@]1(C)O. The molecule has 3 N–H and O–H groups in total. The monoisotopic (exact) mass is 921 g/mol. The molecule has 0 bridgehead atoms. The van der Waals surface area contributed by atoms with Crippen LogP contribution in [0.25, 0.3) is 0 Å². The lowest BCUT2D eigenvalue weighted by molar-refractivity contribution is -0.301. The molecule has 2 fully saturated rings. The van der Waals surface area contributed by atoms with Crippen molar-refractivity contribution in [2.24, 2.45) is 33.9 Å². The first kappa shape index (κ1) is 53.6. The molecule has 4 rings (SSSR count). The molecule has 2 aromatic carbocycles. The van der Waals surface area contributed by atoms with E-state index in [2.05, 4.69) is 5.10 Å². The normalized spacial score (nSPS) is 35.4. The van der Waals surface area contributed by atoms with E-state index < -0.39 is 102 Å². The number of rotatable bonds is 11. The third-order valence-electron chi connectivity index (χ3n) is 13.2. The lowest BCUT2D eigenvalue weighted by Crippen LogP contribution is -2.60. The van der Waals surface area contributed by atoms with Crippen molar-refractivity contribution in [2.75, 3.05) is 28.3 Å². The van der Waals surface area contributed by atoms with Gasteiger partial charge in [0.2, 0.25) is 0 Å². The quantitative estimate of drug-likeness (QED) is 0.125. The number of carbonyl (C=O) groups is 2. The first-order valence-electron chi connectivity index (χ1n) is 22.2. The molecule has 0 spiro atoms. The van der Waals surface area contributed by atoms with Crippen molar-refractivity contribution in [3.05, 3.63) is 65.2 Å². The lowest BCUT2D eigenvalue weighted by Gasteiger charge is -2.48. The number of halogens is 3. The fourth-order valence-corrected chi connectivity index (χ4v) is 9.18. The maximum Gasteiger partial charge on any atom is 0.416 e. The highest BCUT2D eigenvalue weighted by Crippen LogP contribution is 2.40. The summed E-state index contributed by atoms with van der Waals surface area (Å²) in [7, 11) is 6.72. The van der Waals surface area contributed by atoms with Crippen LogP contribution in [0, 0.1) is 23.7 Å². The Hall–Kier alpha value is -3.97. The van der Waals surface area contributed by atoms with Crippen molar-refractivity contribution in [3.63, 3.8) is 0 Å². The smallest absolute Gasteiger partial charge is 0.416 e. The first-order chi connectivity index (χ1) is 30.3. The highest BCUT2D eigenvalue weighted by atomic mass is 19.4. The molecule has 4 unspecified atom stereocenters. The number of methoxy groups -OCH3 is 2. The van der Waals surface area contributed by atoms with Gasteiger partial charge >= 0.3 is 18.1 Å². The predicted octanol–water partition coefficient (Wildman–Crippen LogP) is 6.63. The summed E-state index contributed by atoms with van der Waals surface area (Å²) >= 11 is 0. The predicted molar refractivity (Wildman–Crippen MR) is 238 cm³/mol. The molecule has 2 saturated heterocycles. The van der Waals surface area contributed by atoms with Gasteiger partial charge in [-0.2, -0.15) is 23.4 Å². The number of nitrogens with zero attached hydrogens (tertiary/aromatic N) is 3. The Morgan fingerprint density at radius 3 is 2.12 bits per heavy atom. The van der Waals surface area contributed by atoms with Crippen LogP contribution in [0.4, 0.5) is 13.2 Å².